The molecule has 0 radical (unpaired) electrons. The number of carbonyl (C=O) groups is 1. The van der Waals surface area contributed by atoms with E-state index in [-0.39, 0.29) is 11.3 Å². The first kappa shape index (κ1) is 12.5. The molecule has 1 heterocycles. The van der Waals surface area contributed by atoms with Gasteiger partial charge in [-0.05, 0) is 42.8 Å². The Morgan fingerprint density at radius 1 is 1.00 bits per heavy atom. The number of hydrogen-bond donors (Lipinski definition) is 1. The molecule has 2 nitrogen and oxygen atoms in total. The van der Waals surface area contributed by atoms with Gasteiger partial charge < -0.3 is 4.98 Å². The van der Waals surface area contributed by atoms with Crippen molar-refractivity contribution in [3.8, 4) is 0 Å². The van der Waals surface area contributed by atoms with Gasteiger partial charge in [0.25, 0.3) is 0 Å². The molecule has 0 spiro atoms. The topological polar surface area (TPSA) is 32.9 Å². The van der Waals surface area contributed by atoms with E-state index in [1.165, 1.54) is 30.5 Å². The van der Waals surface area contributed by atoms with Crippen molar-refractivity contribution in [2.45, 2.75) is 6.92 Å². The van der Waals surface area contributed by atoms with Crippen LogP contribution in [0.15, 0.2) is 42.6 Å². The number of ketones is 1. The molecule has 20 heavy (non-hydrogen) atoms. The number of benzene rings is 2. The van der Waals surface area contributed by atoms with Gasteiger partial charge in [0.15, 0.2) is 5.78 Å². The molecular weight excluding hydrogens is 260 g/mol. The van der Waals surface area contributed by atoms with Gasteiger partial charge in [-0.1, -0.05) is 6.07 Å². The summed E-state index contributed by atoms with van der Waals surface area (Å²) >= 11 is 0. The lowest BCUT2D eigenvalue weighted by molar-refractivity contribution is 0.103. The second-order valence-electron chi connectivity index (χ2n) is 4.68. The minimum atomic E-state index is -0.468. The zero-order chi connectivity index (χ0) is 14.3. The fraction of sp³-hybridized carbons (Fsp3) is 0.0625. The number of aromatic amines is 1. The highest BCUT2D eigenvalue weighted by atomic mass is 19.1. The standard InChI is InChI=1S/C16H11F2NO/c1-9-2-3-10(17)6-12(9)16(20)14-8-19-15-5-4-11(18)7-13(14)15/h2-8,19H,1H3. The van der Waals surface area contributed by atoms with E-state index in [9.17, 15) is 13.6 Å². The molecule has 0 fully saturated rings. The number of rotatable bonds is 2. The van der Waals surface area contributed by atoms with Gasteiger partial charge >= 0.3 is 0 Å². The number of carbonyl (C=O) groups excluding carboxylic acids is 1. The fourth-order valence-electron chi connectivity index (χ4n) is 2.26. The summed E-state index contributed by atoms with van der Waals surface area (Å²) in [6.07, 6.45) is 1.52. The van der Waals surface area contributed by atoms with Crippen molar-refractivity contribution < 1.29 is 13.6 Å². The number of H-pyrrole nitrogens is 1. The first-order chi connectivity index (χ1) is 9.56. The van der Waals surface area contributed by atoms with Crippen LogP contribution in [-0.2, 0) is 0 Å². The van der Waals surface area contributed by atoms with E-state index < -0.39 is 11.6 Å². The van der Waals surface area contributed by atoms with Gasteiger partial charge in [0, 0.05) is 28.2 Å². The first-order valence-electron chi connectivity index (χ1n) is 6.14. The van der Waals surface area contributed by atoms with Crippen LogP contribution in [0, 0.1) is 18.6 Å². The molecule has 4 heteroatoms. The normalized spacial score (nSPS) is 10.9. The molecular formula is C16H11F2NO. The fourth-order valence-corrected chi connectivity index (χ4v) is 2.26. The third kappa shape index (κ3) is 1.99. The van der Waals surface area contributed by atoms with E-state index in [2.05, 4.69) is 4.98 Å². The average molecular weight is 271 g/mol. The van der Waals surface area contributed by atoms with E-state index in [1.54, 1.807) is 19.1 Å². The molecule has 0 aliphatic carbocycles. The maximum atomic E-state index is 13.3. The Hall–Kier alpha value is -2.49. The van der Waals surface area contributed by atoms with E-state index in [4.69, 9.17) is 0 Å². The monoisotopic (exact) mass is 271 g/mol. The zero-order valence-corrected chi connectivity index (χ0v) is 10.7. The van der Waals surface area contributed by atoms with Crippen molar-refractivity contribution in [1.29, 1.82) is 0 Å². The van der Waals surface area contributed by atoms with Crippen LogP contribution < -0.4 is 0 Å². The van der Waals surface area contributed by atoms with Crippen LogP contribution in [0.5, 0.6) is 0 Å². The van der Waals surface area contributed by atoms with Crippen LogP contribution >= 0.6 is 0 Å². The first-order valence-corrected chi connectivity index (χ1v) is 6.14. The van der Waals surface area contributed by atoms with Gasteiger partial charge in [-0.15, -0.1) is 0 Å². The van der Waals surface area contributed by atoms with Crippen LogP contribution in [0.25, 0.3) is 10.9 Å². The molecule has 0 bridgehead atoms. The van der Waals surface area contributed by atoms with Crippen LogP contribution in [0.3, 0.4) is 0 Å². The number of aryl methyl sites for hydroxylation is 1. The third-order valence-corrected chi connectivity index (χ3v) is 3.33. The van der Waals surface area contributed by atoms with Crippen LogP contribution in [0.1, 0.15) is 21.5 Å². The number of hydrogen-bond acceptors (Lipinski definition) is 1. The predicted octanol–water partition coefficient (Wildman–Crippen LogP) is 3.99. The van der Waals surface area contributed by atoms with E-state index in [0.717, 1.165) is 0 Å². The second-order valence-corrected chi connectivity index (χ2v) is 4.68. The highest BCUT2D eigenvalue weighted by Crippen LogP contribution is 2.23. The Morgan fingerprint density at radius 2 is 1.70 bits per heavy atom. The Labute approximate surface area is 114 Å². The summed E-state index contributed by atoms with van der Waals surface area (Å²) in [5.74, 6) is -1.20. The van der Waals surface area contributed by atoms with E-state index >= 15 is 0 Å². The minimum absolute atomic E-state index is 0.287. The summed E-state index contributed by atoms with van der Waals surface area (Å²) in [6.45, 7) is 1.74. The molecule has 3 rings (SSSR count). The van der Waals surface area contributed by atoms with E-state index in [0.29, 0.717) is 22.0 Å². The highest BCUT2D eigenvalue weighted by Gasteiger charge is 2.17. The SMILES string of the molecule is Cc1ccc(F)cc1C(=O)c1c[nH]c2ccc(F)cc12. The lowest BCUT2D eigenvalue weighted by atomic mass is 9.98. The molecule has 0 saturated heterocycles. The molecule has 0 aliphatic rings. The van der Waals surface area contributed by atoms with Gasteiger partial charge in [0.2, 0.25) is 0 Å². The van der Waals surface area contributed by atoms with Crippen LogP contribution in [0.2, 0.25) is 0 Å². The summed E-state index contributed by atoms with van der Waals surface area (Å²) in [5.41, 5.74) is 1.98. The molecule has 3 aromatic rings. The predicted molar refractivity (Wildman–Crippen MR) is 72.8 cm³/mol. The molecule has 100 valence electrons. The number of halogens is 2. The van der Waals surface area contributed by atoms with Gasteiger partial charge in [-0.3, -0.25) is 4.79 Å². The maximum Gasteiger partial charge on any atom is 0.195 e. The Bertz CT molecular complexity index is 820. The summed E-state index contributed by atoms with van der Waals surface area (Å²) < 4.78 is 26.6. The number of nitrogens with one attached hydrogen (secondary N) is 1. The van der Waals surface area contributed by atoms with Crippen molar-refractivity contribution in [2.24, 2.45) is 0 Å². The van der Waals surface area contributed by atoms with Gasteiger partial charge in [0.1, 0.15) is 11.6 Å². The van der Waals surface area contributed by atoms with Gasteiger partial charge in [0.05, 0.1) is 0 Å². The maximum absolute atomic E-state index is 13.3. The lowest BCUT2D eigenvalue weighted by Gasteiger charge is -2.04. The van der Waals surface area contributed by atoms with Gasteiger partial charge in [-0.25, -0.2) is 8.78 Å². The molecule has 2 aromatic carbocycles. The summed E-state index contributed by atoms with van der Waals surface area (Å²) in [4.78, 5) is 15.4. The highest BCUT2D eigenvalue weighted by molar-refractivity contribution is 6.16. The van der Waals surface area contributed by atoms with Crippen LogP contribution in [-0.4, -0.2) is 10.8 Å². The molecule has 0 unspecified atom stereocenters. The van der Waals surface area contributed by atoms with Crippen molar-refractivity contribution in [2.75, 3.05) is 0 Å². The van der Waals surface area contributed by atoms with Crippen LogP contribution in [0.4, 0.5) is 8.78 Å². The summed E-state index contributed by atoms with van der Waals surface area (Å²) in [6, 6.07) is 8.25. The van der Waals surface area contributed by atoms with Crippen molar-refractivity contribution in [1.82, 2.24) is 4.98 Å². The van der Waals surface area contributed by atoms with E-state index in [1.807, 2.05) is 0 Å². The largest absolute Gasteiger partial charge is 0.360 e. The summed E-state index contributed by atoms with van der Waals surface area (Å²) in [5, 5.41) is 0.499. The Kier molecular flexibility index (Phi) is 2.86. The molecule has 0 saturated carbocycles. The summed E-state index contributed by atoms with van der Waals surface area (Å²) in [7, 11) is 0. The Morgan fingerprint density at radius 3 is 2.50 bits per heavy atom. The molecule has 0 aliphatic heterocycles. The molecule has 1 aromatic heterocycles. The van der Waals surface area contributed by atoms with Crippen molar-refractivity contribution >= 4 is 16.7 Å². The molecule has 0 amide bonds. The zero-order valence-electron chi connectivity index (χ0n) is 10.7. The minimum Gasteiger partial charge on any atom is -0.360 e. The Balaban J connectivity index is 2.17. The quantitative estimate of drug-likeness (QED) is 0.702. The second kappa shape index (κ2) is 4.56. The van der Waals surface area contributed by atoms with Crippen molar-refractivity contribution in [3.63, 3.8) is 0 Å². The molecule has 0 atom stereocenters. The smallest absolute Gasteiger partial charge is 0.195 e. The third-order valence-electron chi connectivity index (χ3n) is 3.33. The molecule has 1 N–H and O–H groups in total. The van der Waals surface area contributed by atoms with Gasteiger partial charge in [-0.2, -0.15) is 0 Å². The lowest BCUT2D eigenvalue weighted by Crippen LogP contribution is -2.03. The number of fused-ring (bicyclic) bond motifs is 1. The van der Waals surface area contributed by atoms with Crippen molar-refractivity contribution in [3.05, 3.63) is 70.9 Å². The number of aromatic nitrogens is 1. The average Bonchev–Trinajstić information content (AvgIpc) is 2.83.